The van der Waals surface area contributed by atoms with Crippen molar-refractivity contribution >= 4 is 59.9 Å². The summed E-state index contributed by atoms with van der Waals surface area (Å²) in [7, 11) is 0. The molecule has 0 saturated heterocycles. The summed E-state index contributed by atoms with van der Waals surface area (Å²) in [5.74, 6) is -1.64. The molecule has 8 nitrogen and oxygen atoms in total. The first-order valence-electron chi connectivity index (χ1n) is 14.3. The molecule has 3 N–H and O–H groups in total. The Labute approximate surface area is 265 Å². The molecule has 0 aliphatic heterocycles. The van der Waals surface area contributed by atoms with Gasteiger partial charge in [0, 0.05) is 16.2 Å². The number of aryl methyl sites for hydroxylation is 1. The van der Waals surface area contributed by atoms with Crippen molar-refractivity contribution < 1.29 is 28.4 Å². The molecule has 1 rings (SSSR count). The number of ether oxygens (including phenoxy) is 1. The van der Waals surface area contributed by atoms with Crippen LogP contribution in [0.5, 0.6) is 0 Å². The molecule has 0 fully saturated rings. The summed E-state index contributed by atoms with van der Waals surface area (Å²) >= 11 is 6.74. The van der Waals surface area contributed by atoms with E-state index in [0.29, 0.717) is 16.9 Å². The molecule has 1 aromatic rings. The van der Waals surface area contributed by atoms with Crippen LogP contribution in [0.2, 0.25) is 0 Å². The van der Waals surface area contributed by atoms with Crippen LogP contribution in [-0.2, 0) is 18.5 Å². The fraction of sp³-hybridized carbons (Fsp3) is 0.613. The maximum Gasteiger partial charge on any atom is 0.404 e. The molecule has 0 spiro atoms. The van der Waals surface area contributed by atoms with Crippen LogP contribution >= 0.6 is 36.0 Å². The molecule has 1 aromatic heterocycles. The molecule has 11 heteroatoms. The van der Waals surface area contributed by atoms with E-state index in [-0.39, 0.29) is 18.1 Å². The number of allylic oxidation sites excluding steroid dienone is 4. The van der Waals surface area contributed by atoms with Gasteiger partial charge >= 0.3 is 12.1 Å². The molecule has 0 aromatic carbocycles. The first-order valence-corrected chi connectivity index (χ1v) is 16.5. The van der Waals surface area contributed by atoms with Crippen molar-refractivity contribution in [3.8, 4) is 0 Å². The zero-order valence-electron chi connectivity index (χ0n) is 26.1. The number of hydrogen-bond donors (Lipinski definition) is 3. The highest BCUT2D eigenvalue weighted by Gasteiger charge is 2.45. The second-order valence-electron chi connectivity index (χ2n) is 11.1. The number of amides is 1. The average Bonchev–Trinajstić information content (AvgIpc) is 3.30. The van der Waals surface area contributed by atoms with E-state index in [9.17, 15) is 19.5 Å². The fourth-order valence-corrected chi connectivity index (χ4v) is 6.26. The van der Waals surface area contributed by atoms with E-state index < -0.39 is 34.9 Å². The van der Waals surface area contributed by atoms with Crippen molar-refractivity contribution in [2.45, 2.75) is 105 Å². The molecular weight excluding hydrogens is 593 g/mol. The van der Waals surface area contributed by atoms with Crippen molar-refractivity contribution in [1.82, 2.24) is 4.98 Å². The van der Waals surface area contributed by atoms with E-state index in [1.54, 1.807) is 32.9 Å². The van der Waals surface area contributed by atoms with Crippen LogP contribution < -0.4 is 5.73 Å². The van der Waals surface area contributed by atoms with Gasteiger partial charge in [-0.25, -0.2) is 9.78 Å². The van der Waals surface area contributed by atoms with Gasteiger partial charge in [0.2, 0.25) is 0 Å². The molecule has 0 radical (unpaired) electrons. The third-order valence-electron chi connectivity index (χ3n) is 7.02. The summed E-state index contributed by atoms with van der Waals surface area (Å²) in [6.45, 7) is 15.0. The summed E-state index contributed by atoms with van der Waals surface area (Å²) in [5, 5.41) is 13.5. The number of Topliss-reactive ketones (excluding diaryl/α,β-unsaturated/α-hetero) is 1. The quantitative estimate of drug-likeness (QED) is 0.0487. The lowest BCUT2D eigenvalue weighted by molar-refractivity contribution is -0.140. The number of nitrogens with zero attached hydrogens (tertiary/aromatic N) is 1. The van der Waals surface area contributed by atoms with Gasteiger partial charge in [-0.15, -0.1) is 24.0 Å². The fourth-order valence-electron chi connectivity index (χ4n) is 4.77. The topological polar surface area (TPSA) is 129 Å². The molecule has 2 unspecified atom stereocenters. The SMILES string of the molecule is CC/C=C(/C)CCC[C@@H](C)C(/C(=C\CC)C(=O)C(C)(C)[C@H](CC(=O)OS/C(C)=C/c1csc(C)n1)OC(N)=O)C(O)S. The molecule has 1 heterocycles. The van der Waals surface area contributed by atoms with Crippen LogP contribution in [0, 0.1) is 24.2 Å². The van der Waals surface area contributed by atoms with E-state index >= 15 is 0 Å². The Morgan fingerprint density at radius 3 is 2.38 bits per heavy atom. The molecular formula is C31H48N2O6S3. The molecule has 0 saturated carbocycles. The van der Waals surface area contributed by atoms with E-state index in [4.69, 9.17) is 14.7 Å². The molecule has 42 heavy (non-hydrogen) atoms. The number of aliphatic hydroxyl groups excluding tert-OH is 1. The van der Waals surface area contributed by atoms with E-state index in [1.807, 2.05) is 26.2 Å². The predicted molar refractivity (Wildman–Crippen MR) is 176 cm³/mol. The second-order valence-corrected chi connectivity index (χ2v) is 13.7. The average molecular weight is 641 g/mol. The number of aromatic nitrogens is 1. The Morgan fingerprint density at radius 2 is 1.86 bits per heavy atom. The zero-order chi connectivity index (χ0) is 32.0. The van der Waals surface area contributed by atoms with Crippen LogP contribution in [0.4, 0.5) is 4.79 Å². The number of thiol groups is 1. The van der Waals surface area contributed by atoms with Crippen LogP contribution in [0.3, 0.4) is 0 Å². The van der Waals surface area contributed by atoms with Crippen LogP contribution in [0.1, 0.15) is 97.7 Å². The molecule has 1 amide bonds. The van der Waals surface area contributed by atoms with E-state index in [1.165, 1.54) is 16.9 Å². The minimum atomic E-state index is -1.36. The second kappa shape index (κ2) is 18.6. The summed E-state index contributed by atoms with van der Waals surface area (Å²) < 4.78 is 10.7. The molecule has 236 valence electrons. The Bertz CT molecular complexity index is 1140. The molecule has 0 bridgehead atoms. The number of rotatable bonds is 18. The van der Waals surface area contributed by atoms with Gasteiger partial charge in [0.15, 0.2) is 5.78 Å². The number of nitrogens with two attached hydrogens (primary N) is 1. The minimum Gasteiger partial charge on any atom is -0.445 e. The number of hydrogen-bond acceptors (Lipinski definition) is 10. The normalized spacial score (nSPS) is 16.0. The Balaban J connectivity index is 3.13. The van der Waals surface area contributed by atoms with Crippen molar-refractivity contribution in [1.29, 1.82) is 0 Å². The lowest BCUT2D eigenvalue weighted by Crippen LogP contribution is -2.45. The minimum absolute atomic E-state index is 0.0578. The maximum absolute atomic E-state index is 14.1. The van der Waals surface area contributed by atoms with Gasteiger partial charge in [-0.3, -0.25) is 9.59 Å². The van der Waals surface area contributed by atoms with Gasteiger partial charge < -0.3 is 19.8 Å². The zero-order valence-corrected chi connectivity index (χ0v) is 28.7. The first-order chi connectivity index (χ1) is 19.6. The van der Waals surface area contributed by atoms with E-state index in [0.717, 1.165) is 48.4 Å². The first kappa shape index (κ1) is 37.9. The Hall–Kier alpha value is -2.08. The lowest BCUT2D eigenvalue weighted by atomic mass is 9.72. The number of carbonyl (C=O) groups excluding carboxylic acids is 3. The van der Waals surface area contributed by atoms with Gasteiger partial charge in [0.25, 0.3) is 0 Å². The maximum atomic E-state index is 14.1. The van der Waals surface area contributed by atoms with Crippen molar-refractivity contribution in [3.63, 3.8) is 0 Å². The summed E-state index contributed by atoms with van der Waals surface area (Å²) in [6, 6.07) is 0. The highest BCUT2D eigenvalue weighted by molar-refractivity contribution is 7.99. The number of ketones is 1. The van der Waals surface area contributed by atoms with Crippen LogP contribution in [-0.4, -0.2) is 39.5 Å². The van der Waals surface area contributed by atoms with Crippen molar-refractivity contribution in [3.05, 3.63) is 44.3 Å². The number of thiazole rings is 1. The van der Waals surface area contributed by atoms with Crippen molar-refractivity contribution in [2.75, 3.05) is 0 Å². The lowest BCUT2D eigenvalue weighted by Gasteiger charge is -2.36. The smallest absolute Gasteiger partial charge is 0.404 e. The number of aliphatic hydroxyl groups is 1. The molecule has 0 aliphatic rings. The summed E-state index contributed by atoms with van der Waals surface area (Å²) in [4.78, 5) is 43.9. The van der Waals surface area contributed by atoms with Gasteiger partial charge in [-0.05, 0) is 84.3 Å². The van der Waals surface area contributed by atoms with Gasteiger partial charge in [0.05, 0.1) is 34.6 Å². The summed E-state index contributed by atoms with van der Waals surface area (Å²) in [5.41, 5.74) is 5.39. The highest BCUT2D eigenvalue weighted by Crippen LogP contribution is 2.38. The highest BCUT2D eigenvalue weighted by atomic mass is 32.2. The summed E-state index contributed by atoms with van der Waals surface area (Å²) in [6.07, 6.45) is 7.25. The standard InChI is InChI=1S/C31H48N2O6S3/c1-9-12-19(3)14-11-15-20(4)27(29(36)40)24(13-10-2)28(35)31(7,8)25(38-30(32)37)17-26(34)39-42-21(5)16-23-18-41-22(6)33-23/h12-13,16,18,20,25,27,29,36,40H,9-11,14-15,17H2,1-8H3,(H2,32,37)/b19-12-,21-16+,24-13+/t20-,25+,27?,29?/m1/s1. The number of carbonyl (C=O) groups is 3. The third kappa shape index (κ3) is 12.7. The van der Waals surface area contributed by atoms with Gasteiger partial charge in [-0.1, -0.05) is 38.5 Å². The largest absolute Gasteiger partial charge is 0.445 e. The molecule has 0 aliphatic carbocycles. The van der Waals surface area contributed by atoms with Crippen LogP contribution in [0.15, 0.2) is 33.6 Å². The predicted octanol–water partition coefficient (Wildman–Crippen LogP) is 7.82. The Morgan fingerprint density at radius 1 is 1.21 bits per heavy atom. The molecule has 4 atom stereocenters. The van der Waals surface area contributed by atoms with Gasteiger partial charge in [-0.2, -0.15) is 0 Å². The number of primary amides is 1. The Kier molecular flexibility index (Phi) is 16.8. The van der Waals surface area contributed by atoms with Crippen molar-refractivity contribution in [2.24, 2.45) is 23.0 Å². The van der Waals surface area contributed by atoms with Gasteiger partial charge in [0.1, 0.15) is 11.5 Å². The third-order valence-corrected chi connectivity index (χ3v) is 8.78. The monoisotopic (exact) mass is 640 g/mol. The van der Waals surface area contributed by atoms with E-state index in [2.05, 4.69) is 37.5 Å². The van der Waals surface area contributed by atoms with Crippen LogP contribution in [0.25, 0.3) is 6.08 Å².